The molecular weight excluding hydrogens is 182 g/mol. The van der Waals surface area contributed by atoms with Gasteiger partial charge in [0.25, 0.3) is 0 Å². The van der Waals surface area contributed by atoms with Gasteiger partial charge in [-0.05, 0) is 0 Å². The summed E-state index contributed by atoms with van der Waals surface area (Å²) >= 11 is 13.7. The zero-order valence-corrected chi connectivity index (χ0v) is 6.84. The van der Waals surface area contributed by atoms with E-state index in [0.717, 1.165) is 9.32 Å². The second-order valence-electron chi connectivity index (χ2n) is 1.49. The van der Waals surface area contributed by atoms with Gasteiger partial charge in [-0.25, -0.2) is 0 Å². The van der Waals surface area contributed by atoms with Gasteiger partial charge in [-0.2, -0.15) is 0 Å². The van der Waals surface area contributed by atoms with Gasteiger partial charge >= 0.3 is 67.5 Å². The zero-order valence-electron chi connectivity index (χ0n) is 3.94. The van der Waals surface area contributed by atoms with Crippen LogP contribution in [0.1, 0.15) is 0 Å². The summed E-state index contributed by atoms with van der Waals surface area (Å²) < 4.78 is 0.987. The van der Waals surface area contributed by atoms with Crippen molar-refractivity contribution < 1.29 is 17.4 Å². The van der Waals surface area contributed by atoms with E-state index in [2.05, 4.69) is 17.4 Å². The Morgan fingerprint density at radius 2 is 2.25 bits per heavy atom. The summed E-state index contributed by atoms with van der Waals surface area (Å²) in [6.45, 7) is 0. The van der Waals surface area contributed by atoms with E-state index in [1.165, 1.54) is 0 Å². The maximum absolute atomic E-state index is 5.71. The average Bonchev–Trinajstić information content (AvgIpc) is 1.98. The number of hydrogen-bond donors (Lipinski definition) is 0. The summed E-state index contributed by atoms with van der Waals surface area (Å²) in [4.78, 5) is 0. The summed E-state index contributed by atoms with van der Waals surface area (Å²) in [6, 6.07) is 0. The van der Waals surface area contributed by atoms with Gasteiger partial charge in [-0.3, -0.25) is 0 Å². The number of halogens is 2. The molecule has 0 heterocycles. The number of hydrogen-bond acceptors (Lipinski definition) is 0. The molecule has 0 amide bonds. The third-order valence-corrected chi connectivity index (χ3v) is 2.88. The van der Waals surface area contributed by atoms with Crippen molar-refractivity contribution in [3.05, 3.63) is 21.5 Å². The first-order chi connectivity index (χ1) is 3.72. The van der Waals surface area contributed by atoms with Crippen LogP contribution in [0.25, 0.3) is 0 Å². The summed E-state index contributed by atoms with van der Waals surface area (Å²) in [5.74, 6) is 0. The molecule has 3 heteroatoms. The van der Waals surface area contributed by atoms with Crippen molar-refractivity contribution in [1.29, 1.82) is 0 Å². The van der Waals surface area contributed by atoms with Crippen molar-refractivity contribution in [2.45, 2.75) is 5.38 Å². The fraction of sp³-hybridized carbons (Fsp3) is 0.200. The number of alkyl halides is 1. The maximum atomic E-state index is 5.71. The molecule has 1 aliphatic carbocycles. The topological polar surface area (TPSA) is 0 Å². The predicted molar refractivity (Wildman–Crippen MR) is 31.7 cm³/mol. The fourth-order valence-electron chi connectivity index (χ4n) is 0.477. The predicted octanol–water partition coefficient (Wildman–Crippen LogP) is 2.16. The van der Waals surface area contributed by atoms with Crippen LogP contribution in [0.15, 0.2) is 21.5 Å². The second kappa shape index (κ2) is 2.49. The second-order valence-corrected chi connectivity index (χ2v) is 3.12. The van der Waals surface area contributed by atoms with Gasteiger partial charge in [0.1, 0.15) is 0 Å². The first-order valence-corrected chi connectivity index (χ1v) is 3.64. The van der Waals surface area contributed by atoms with E-state index in [-0.39, 0.29) is 5.38 Å². The quantitative estimate of drug-likeness (QED) is 0.507. The summed E-state index contributed by atoms with van der Waals surface area (Å²) in [5.41, 5.74) is 0. The van der Waals surface area contributed by atoms with E-state index in [0.29, 0.717) is 0 Å². The van der Waals surface area contributed by atoms with Crippen LogP contribution < -0.4 is 0 Å². The van der Waals surface area contributed by atoms with Crippen molar-refractivity contribution in [3.63, 3.8) is 0 Å². The molecule has 0 aromatic carbocycles. The van der Waals surface area contributed by atoms with Crippen LogP contribution in [-0.4, -0.2) is 5.38 Å². The van der Waals surface area contributed by atoms with Crippen LogP contribution in [0.3, 0.4) is 0 Å². The van der Waals surface area contributed by atoms with E-state index >= 15 is 0 Å². The van der Waals surface area contributed by atoms with E-state index in [9.17, 15) is 0 Å². The SMILES string of the molecule is ClC1=[C]([V])C(Cl)C=C1. The van der Waals surface area contributed by atoms with Gasteiger partial charge in [-0.15, -0.1) is 0 Å². The molecule has 0 fully saturated rings. The van der Waals surface area contributed by atoms with Crippen LogP contribution in [0.4, 0.5) is 0 Å². The minimum absolute atomic E-state index is 0.00231. The first-order valence-electron chi connectivity index (χ1n) is 2.12. The van der Waals surface area contributed by atoms with E-state index in [4.69, 9.17) is 23.2 Å². The van der Waals surface area contributed by atoms with E-state index < -0.39 is 0 Å². The van der Waals surface area contributed by atoms with Crippen molar-refractivity contribution >= 4 is 23.2 Å². The molecule has 0 N–H and O–H groups in total. The van der Waals surface area contributed by atoms with Crippen molar-refractivity contribution in [3.8, 4) is 0 Å². The van der Waals surface area contributed by atoms with Gasteiger partial charge in [-0.1, -0.05) is 0 Å². The Bertz CT molecular complexity index is 160. The molecule has 42 valence electrons. The van der Waals surface area contributed by atoms with Crippen LogP contribution in [0.2, 0.25) is 0 Å². The molecule has 0 aliphatic heterocycles. The molecule has 0 aromatic rings. The number of rotatable bonds is 0. The van der Waals surface area contributed by atoms with Gasteiger partial charge in [0.05, 0.1) is 0 Å². The molecule has 0 spiro atoms. The van der Waals surface area contributed by atoms with Crippen molar-refractivity contribution in [2.75, 3.05) is 0 Å². The molecule has 0 saturated carbocycles. The molecule has 1 rings (SSSR count). The van der Waals surface area contributed by atoms with Crippen LogP contribution >= 0.6 is 23.2 Å². The standard InChI is InChI=1S/C5H3Cl2.V/c6-4-1-2-5(7)3-4;/h1-2,4H;. The summed E-state index contributed by atoms with van der Waals surface area (Å²) in [7, 11) is 0. The molecule has 1 unspecified atom stereocenters. The Labute approximate surface area is 67.5 Å². The molecule has 8 heavy (non-hydrogen) atoms. The van der Waals surface area contributed by atoms with Gasteiger partial charge in [0.2, 0.25) is 0 Å². The molecule has 0 saturated heterocycles. The minimum atomic E-state index is 0.00231. The van der Waals surface area contributed by atoms with E-state index in [1.54, 1.807) is 0 Å². The Morgan fingerprint density at radius 1 is 1.62 bits per heavy atom. The molecule has 1 aliphatic rings. The first kappa shape index (κ1) is 6.76. The van der Waals surface area contributed by atoms with Crippen LogP contribution in [0.5, 0.6) is 0 Å². The third-order valence-electron chi connectivity index (χ3n) is 0.917. The van der Waals surface area contributed by atoms with Gasteiger partial charge < -0.3 is 0 Å². The van der Waals surface area contributed by atoms with Crippen LogP contribution in [0, 0.1) is 0 Å². The van der Waals surface area contributed by atoms with Crippen molar-refractivity contribution in [1.82, 2.24) is 0 Å². The molecule has 0 bridgehead atoms. The molecule has 0 aromatic heterocycles. The molecule has 0 radical (unpaired) electrons. The molecular formula is C5H3Cl2V. The van der Waals surface area contributed by atoms with Gasteiger partial charge in [0, 0.05) is 0 Å². The van der Waals surface area contributed by atoms with Crippen molar-refractivity contribution in [2.24, 2.45) is 0 Å². The normalized spacial score (nSPS) is 27.5. The third kappa shape index (κ3) is 1.14. The average molecular weight is 185 g/mol. The Balaban J connectivity index is 2.85. The molecule has 0 nitrogen and oxygen atoms in total. The fourth-order valence-corrected chi connectivity index (χ4v) is 1.16. The summed E-state index contributed by atoms with van der Waals surface area (Å²) in [5, 5.41) is 0.757. The van der Waals surface area contributed by atoms with Gasteiger partial charge in [0.15, 0.2) is 0 Å². The Morgan fingerprint density at radius 3 is 2.38 bits per heavy atom. The van der Waals surface area contributed by atoms with E-state index in [1.807, 2.05) is 12.2 Å². The summed E-state index contributed by atoms with van der Waals surface area (Å²) in [6.07, 6.45) is 3.67. The Hall–Kier alpha value is 0.644. The Kier molecular flexibility index (Phi) is 2.10. The zero-order chi connectivity index (χ0) is 6.15. The molecule has 1 atom stereocenters. The van der Waals surface area contributed by atoms with Crippen LogP contribution in [-0.2, 0) is 17.4 Å². The number of allylic oxidation sites excluding steroid dienone is 4. The monoisotopic (exact) mass is 184 g/mol.